The average Bonchev–Trinajstić information content (AvgIpc) is 3.39. The van der Waals surface area contributed by atoms with E-state index in [1.807, 2.05) is 59.6 Å². The van der Waals surface area contributed by atoms with Gasteiger partial charge in [-0.2, -0.15) is 4.57 Å². The van der Waals surface area contributed by atoms with Crippen molar-refractivity contribution in [2.24, 2.45) is 0 Å². The van der Waals surface area contributed by atoms with E-state index in [1.165, 1.54) is 0 Å². The second-order valence-electron chi connectivity index (χ2n) is 9.80. The molecule has 2 aliphatic heterocycles. The number of nitrogens with zero attached hydrogens (tertiary/aromatic N) is 3. The number of imide groups is 1. The van der Waals surface area contributed by atoms with Gasteiger partial charge in [-0.25, -0.2) is 4.79 Å². The van der Waals surface area contributed by atoms with Crippen LogP contribution in [0.2, 0.25) is 0 Å². The van der Waals surface area contributed by atoms with Crippen LogP contribution >= 0.6 is 0 Å². The molecule has 2 aliphatic rings. The molecule has 2 aromatic carbocycles. The minimum Gasteiger partial charge on any atom is -0.423 e. The second kappa shape index (κ2) is 10.6. The van der Waals surface area contributed by atoms with Crippen molar-refractivity contribution in [1.82, 2.24) is 15.2 Å². The van der Waals surface area contributed by atoms with Gasteiger partial charge in [-0.05, 0) is 48.4 Å². The summed E-state index contributed by atoms with van der Waals surface area (Å²) >= 11 is 0. The Morgan fingerprint density at radius 1 is 0.974 bits per heavy atom. The first kappa shape index (κ1) is 24.6. The highest BCUT2D eigenvalue weighted by atomic mass is 16.5. The lowest BCUT2D eigenvalue weighted by atomic mass is 10.0. The van der Waals surface area contributed by atoms with Crippen LogP contribution < -0.4 is 14.6 Å². The summed E-state index contributed by atoms with van der Waals surface area (Å²) in [5, 5.41) is 2.42. The van der Waals surface area contributed by atoms with Crippen LogP contribution in [0.15, 0.2) is 91.4 Å². The SMILES string of the molecule is O=C1CC[C@@H](N2Cc3cccc(OC(=O)c4ccc(C[n+]5ccccc5-c5ccncc5)cc4)c3C2)C(=O)N1. The standard InChI is InChI=1S/C31H26N4O4/c36-29-12-11-27(30(37)33-29)35-19-24-4-3-6-28(25(24)20-35)39-31(38)23-9-7-21(8-10-23)18-34-17-2-1-5-26(34)22-13-15-32-16-14-22/h1-10,13-17,27H,11-12,18-20H2/p+1/t27-/m1/s1. The number of carbonyl (C=O) groups is 3. The zero-order valence-electron chi connectivity index (χ0n) is 21.2. The van der Waals surface area contributed by atoms with Gasteiger partial charge in [0.15, 0.2) is 12.7 Å². The summed E-state index contributed by atoms with van der Waals surface area (Å²) in [7, 11) is 0. The highest BCUT2D eigenvalue weighted by Gasteiger charge is 2.35. The van der Waals surface area contributed by atoms with E-state index in [2.05, 4.69) is 20.9 Å². The van der Waals surface area contributed by atoms with Crippen LogP contribution in [-0.2, 0) is 29.2 Å². The summed E-state index contributed by atoms with van der Waals surface area (Å²) in [5.74, 6) is -0.429. The van der Waals surface area contributed by atoms with Crippen molar-refractivity contribution in [1.29, 1.82) is 0 Å². The first-order valence-corrected chi connectivity index (χ1v) is 12.9. The minimum atomic E-state index is -0.431. The Morgan fingerprint density at radius 3 is 2.59 bits per heavy atom. The van der Waals surface area contributed by atoms with Gasteiger partial charge < -0.3 is 4.74 Å². The largest absolute Gasteiger partial charge is 0.423 e. The average molecular weight is 520 g/mol. The number of rotatable bonds is 6. The highest BCUT2D eigenvalue weighted by Crippen LogP contribution is 2.34. The summed E-state index contributed by atoms with van der Waals surface area (Å²) in [4.78, 5) is 43.1. The molecule has 8 heteroatoms. The lowest BCUT2D eigenvalue weighted by Gasteiger charge is -2.29. The third kappa shape index (κ3) is 5.19. The van der Waals surface area contributed by atoms with Gasteiger partial charge in [0, 0.05) is 60.7 Å². The van der Waals surface area contributed by atoms with Crippen LogP contribution in [0.25, 0.3) is 11.3 Å². The van der Waals surface area contributed by atoms with Gasteiger partial charge in [-0.15, -0.1) is 0 Å². The van der Waals surface area contributed by atoms with Gasteiger partial charge in [0.05, 0.1) is 11.6 Å². The van der Waals surface area contributed by atoms with Crippen molar-refractivity contribution in [3.8, 4) is 17.0 Å². The number of aromatic nitrogens is 2. The van der Waals surface area contributed by atoms with Gasteiger partial charge in [0.2, 0.25) is 17.5 Å². The molecule has 2 amide bonds. The summed E-state index contributed by atoms with van der Waals surface area (Å²) in [5.41, 5.74) is 5.59. The molecule has 1 atom stereocenters. The lowest BCUT2D eigenvalue weighted by Crippen LogP contribution is -2.50. The van der Waals surface area contributed by atoms with E-state index < -0.39 is 5.97 Å². The van der Waals surface area contributed by atoms with Crippen LogP contribution in [0.5, 0.6) is 5.75 Å². The Kier molecular flexibility index (Phi) is 6.69. The predicted octanol–water partition coefficient (Wildman–Crippen LogP) is 3.42. The maximum Gasteiger partial charge on any atom is 0.343 e. The topological polar surface area (TPSA) is 92.5 Å². The maximum atomic E-state index is 13.0. The molecule has 4 heterocycles. The maximum absolute atomic E-state index is 13.0. The van der Waals surface area contributed by atoms with Crippen molar-refractivity contribution in [2.45, 2.75) is 38.5 Å². The lowest BCUT2D eigenvalue weighted by molar-refractivity contribution is -0.677. The number of pyridine rings is 2. The summed E-state index contributed by atoms with van der Waals surface area (Å²) in [6, 6.07) is 22.7. The molecule has 1 fully saturated rings. The first-order valence-electron chi connectivity index (χ1n) is 12.9. The molecule has 1 saturated heterocycles. The monoisotopic (exact) mass is 519 g/mol. The highest BCUT2D eigenvalue weighted by molar-refractivity contribution is 6.00. The number of ether oxygens (including phenoxy) is 1. The Bertz CT molecular complexity index is 1550. The normalized spacial score (nSPS) is 17.0. The Morgan fingerprint density at radius 2 is 1.79 bits per heavy atom. The number of fused-ring (bicyclic) bond motifs is 1. The zero-order chi connectivity index (χ0) is 26.8. The Labute approximate surface area is 225 Å². The fourth-order valence-corrected chi connectivity index (χ4v) is 5.26. The molecule has 8 nitrogen and oxygen atoms in total. The number of amides is 2. The first-order chi connectivity index (χ1) is 19.0. The molecular weight excluding hydrogens is 492 g/mol. The smallest absolute Gasteiger partial charge is 0.343 e. The van der Waals surface area contributed by atoms with Crippen LogP contribution in [-0.4, -0.2) is 33.7 Å². The fraction of sp³-hybridized carbons (Fsp3) is 0.194. The van der Waals surface area contributed by atoms with E-state index in [-0.39, 0.29) is 17.9 Å². The summed E-state index contributed by atoms with van der Waals surface area (Å²) in [6.45, 7) is 1.70. The number of benzene rings is 2. The summed E-state index contributed by atoms with van der Waals surface area (Å²) < 4.78 is 7.98. The van der Waals surface area contributed by atoms with Crippen LogP contribution in [0.3, 0.4) is 0 Å². The van der Waals surface area contributed by atoms with Gasteiger partial charge >= 0.3 is 5.97 Å². The summed E-state index contributed by atoms with van der Waals surface area (Å²) in [6.07, 6.45) is 6.41. The zero-order valence-corrected chi connectivity index (χ0v) is 21.2. The molecule has 6 rings (SSSR count). The number of esters is 1. The molecule has 0 aliphatic carbocycles. The molecule has 39 heavy (non-hydrogen) atoms. The number of hydrogen-bond donors (Lipinski definition) is 1. The van der Waals surface area contributed by atoms with E-state index in [0.717, 1.165) is 27.9 Å². The number of carbonyl (C=O) groups excluding carboxylic acids is 3. The molecule has 0 saturated carbocycles. The van der Waals surface area contributed by atoms with E-state index >= 15 is 0 Å². The number of nitrogens with one attached hydrogen (secondary N) is 1. The van der Waals surface area contributed by atoms with E-state index in [4.69, 9.17) is 4.74 Å². The molecule has 0 spiro atoms. The van der Waals surface area contributed by atoms with Gasteiger partial charge in [0.25, 0.3) is 0 Å². The van der Waals surface area contributed by atoms with Crippen LogP contribution in [0, 0.1) is 0 Å². The van der Waals surface area contributed by atoms with Crippen LogP contribution in [0.1, 0.15) is 39.9 Å². The quantitative estimate of drug-likeness (QED) is 0.182. The van der Waals surface area contributed by atoms with Crippen molar-refractivity contribution < 1.29 is 23.7 Å². The Balaban J connectivity index is 1.14. The molecule has 4 aromatic rings. The number of hydrogen-bond acceptors (Lipinski definition) is 6. The van der Waals surface area contributed by atoms with E-state index in [0.29, 0.717) is 43.8 Å². The third-order valence-electron chi connectivity index (χ3n) is 7.28. The molecular formula is C31H27N4O4+. The molecule has 0 unspecified atom stereocenters. The van der Waals surface area contributed by atoms with E-state index in [1.54, 1.807) is 30.6 Å². The molecule has 1 N–H and O–H groups in total. The van der Waals surface area contributed by atoms with Crippen molar-refractivity contribution in [3.05, 3.63) is 114 Å². The van der Waals surface area contributed by atoms with Gasteiger partial charge in [-0.1, -0.05) is 24.3 Å². The molecule has 194 valence electrons. The van der Waals surface area contributed by atoms with Crippen molar-refractivity contribution in [2.75, 3.05) is 0 Å². The Hall–Kier alpha value is -4.69. The van der Waals surface area contributed by atoms with Gasteiger partial charge in [0.1, 0.15) is 5.75 Å². The van der Waals surface area contributed by atoms with Crippen molar-refractivity contribution in [3.63, 3.8) is 0 Å². The van der Waals surface area contributed by atoms with E-state index in [9.17, 15) is 14.4 Å². The minimum absolute atomic E-state index is 0.231. The molecule has 0 bridgehead atoms. The number of piperidine rings is 1. The van der Waals surface area contributed by atoms with Gasteiger partial charge in [-0.3, -0.25) is 24.8 Å². The van der Waals surface area contributed by atoms with Crippen molar-refractivity contribution >= 4 is 17.8 Å². The molecule has 0 radical (unpaired) electrons. The third-order valence-corrected chi connectivity index (χ3v) is 7.28. The molecule has 2 aromatic heterocycles. The van der Waals surface area contributed by atoms with Crippen LogP contribution in [0.4, 0.5) is 0 Å². The fourth-order valence-electron chi connectivity index (χ4n) is 5.26. The predicted molar refractivity (Wildman–Crippen MR) is 142 cm³/mol. The second-order valence-corrected chi connectivity index (χ2v) is 9.80.